The molecule has 55 heavy (non-hydrogen) atoms. The molecule has 0 spiro atoms. The van der Waals surface area contributed by atoms with Crippen molar-refractivity contribution in [2.24, 2.45) is 0 Å². The molecule has 3 N–H and O–H groups in total. The molecule has 0 saturated carbocycles. The Kier molecular flexibility index (Phi) is 39.9. The number of hydrogen-bond acceptors (Lipinski definition) is 8. The molecule has 3 atom stereocenters. The molecule has 0 bridgehead atoms. The summed E-state index contributed by atoms with van der Waals surface area (Å²) in [5.74, 6) is -0.402. The highest BCUT2D eigenvalue weighted by atomic mass is 31.2. The van der Waals surface area contributed by atoms with Crippen LogP contribution in [0.15, 0.2) is 72.9 Å². The summed E-state index contributed by atoms with van der Waals surface area (Å²) in [6.45, 7) is 3.31. The number of hydrogen-bond donors (Lipinski definition) is 3. The lowest BCUT2D eigenvalue weighted by molar-refractivity contribution is -0.154. The number of aliphatic hydroxyl groups is 2. The first kappa shape index (κ1) is 52.9. The average Bonchev–Trinajstić information content (AvgIpc) is 3.18. The van der Waals surface area contributed by atoms with E-state index in [1.807, 2.05) is 0 Å². The standard InChI is InChI=1S/C45H79O9P/c1-3-5-7-9-11-13-15-17-18-19-20-21-22-23-24-25-26-28-30-32-34-36-38-51-41-44(42-53-55(49,50)52-40-43(47)39-46)54-45(48)37-35-33-31-29-27-16-14-12-10-8-6-4-2/h5,7,11-14,17-18,20-21,23-24,43-44,46-47H,3-4,6,8-10,15-16,19,22,25-42H2,1-2H3,(H,49,50)/b7-5-,13-11-,14-12-,18-17-,21-20-,24-23-. The quantitative estimate of drug-likeness (QED) is 0.0240. The molecule has 0 aliphatic rings. The molecule has 318 valence electrons. The number of ether oxygens (including phenoxy) is 2. The first-order chi connectivity index (χ1) is 26.8. The van der Waals surface area contributed by atoms with E-state index in [0.717, 1.165) is 96.3 Å². The fourth-order valence-electron chi connectivity index (χ4n) is 5.38. The number of unbranched alkanes of at least 4 members (excludes halogenated alkanes) is 14. The summed E-state index contributed by atoms with van der Waals surface area (Å²) in [4.78, 5) is 22.5. The Morgan fingerprint density at radius 1 is 0.582 bits per heavy atom. The monoisotopic (exact) mass is 795 g/mol. The van der Waals surface area contributed by atoms with Crippen LogP contribution >= 0.6 is 7.82 Å². The van der Waals surface area contributed by atoms with Crippen molar-refractivity contribution in [3.63, 3.8) is 0 Å². The van der Waals surface area contributed by atoms with E-state index in [0.29, 0.717) is 13.0 Å². The van der Waals surface area contributed by atoms with Crippen molar-refractivity contribution in [1.82, 2.24) is 0 Å². The van der Waals surface area contributed by atoms with Crippen molar-refractivity contribution in [3.8, 4) is 0 Å². The first-order valence-electron chi connectivity index (χ1n) is 21.4. The van der Waals surface area contributed by atoms with Gasteiger partial charge in [0.25, 0.3) is 0 Å². The van der Waals surface area contributed by atoms with Crippen LogP contribution in [0.3, 0.4) is 0 Å². The molecular weight excluding hydrogens is 715 g/mol. The third-order valence-corrected chi connectivity index (χ3v) is 9.58. The van der Waals surface area contributed by atoms with Crippen molar-refractivity contribution >= 4 is 13.8 Å². The largest absolute Gasteiger partial charge is 0.472 e. The predicted molar refractivity (Wildman–Crippen MR) is 228 cm³/mol. The van der Waals surface area contributed by atoms with Crippen LogP contribution < -0.4 is 0 Å². The number of aliphatic hydroxyl groups excluding tert-OH is 2. The smallest absolute Gasteiger partial charge is 0.457 e. The molecule has 0 aliphatic carbocycles. The Morgan fingerprint density at radius 3 is 1.58 bits per heavy atom. The summed E-state index contributed by atoms with van der Waals surface area (Å²) in [6, 6.07) is 0. The highest BCUT2D eigenvalue weighted by molar-refractivity contribution is 7.47. The number of phosphoric ester groups is 1. The van der Waals surface area contributed by atoms with Gasteiger partial charge >= 0.3 is 13.8 Å². The Bertz CT molecular complexity index is 1080. The lowest BCUT2D eigenvalue weighted by atomic mass is 10.1. The van der Waals surface area contributed by atoms with Crippen LogP contribution in [0.4, 0.5) is 0 Å². The zero-order valence-corrected chi connectivity index (χ0v) is 35.5. The van der Waals surface area contributed by atoms with Crippen LogP contribution in [0.25, 0.3) is 0 Å². The molecule has 9 nitrogen and oxygen atoms in total. The molecule has 0 heterocycles. The third-order valence-electron chi connectivity index (χ3n) is 8.63. The summed E-state index contributed by atoms with van der Waals surface area (Å²) in [7, 11) is -4.53. The highest BCUT2D eigenvalue weighted by Crippen LogP contribution is 2.43. The molecule has 0 amide bonds. The van der Waals surface area contributed by atoms with Crippen molar-refractivity contribution < 1.29 is 43.0 Å². The molecule has 10 heteroatoms. The number of rotatable bonds is 40. The second-order valence-electron chi connectivity index (χ2n) is 14.0. The number of allylic oxidation sites excluding steroid dienone is 12. The normalized spacial score (nSPS) is 14.8. The van der Waals surface area contributed by atoms with Gasteiger partial charge in [-0.3, -0.25) is 13.8 Å². The van der Waals surface area contributed by atoms with Gasteiger partial charge in [0.15, 0.2) is 0 Å². The van der Waals surface area contributed by atoms with E-state index in [2.05, 4.69) is 86.8 Å². The van der Waals surface area contributed by atoms with E-state index in [4.69, 9.17) is 23.6 Å². The molecule has 0 saturated heterocycles. The molecular formula is C45H79O9P. The molecule has 0 aromatic heterocycles. The second kappa shape index (κ2) is 41.5. The number of esters is 1. The van der Waals surface area contributed by atoms with Crippen LogP contribution in [-0.2, 0) is 27.9 Å². The Hall–Kier alpha value is -2.10. The maximum absolute atomic E-state index is 12.6. The number of carbonyl (C=O) groups excluding carboxylic acids is 1. The van der Waals surface area contributed by atoms with Crippen molar-refractivity contribution in [2.75, 3.05) is 33.0 Å². The third kappa shape index (κ3) is 41.4. The summed E-state index contributed by atoms with van der Waals surface area (Å²) in [5.41, 5.74) is 0. The van der Waals surface area contributed by atoms with E-state index >= 15 is 0 Å². The van der Waals surface area contributed by atoms with E-state index in [9.17, 15) is 19.4 Å². The summed E-state index contributed by atoms with van der Waals surface area (Å²) in [6.07, 6.45) is 48.6. The van der Waals surface area contributed by atoms with E-state index < -0.39 is 45.8 Å². The maximum atomic E-state index is 12.6. The van der Waals surface area contributed by atoms with E-state index in [1.54, 1.807) is 0 Å². The van der Waals surface area contributed by atoms with E-state index in [1.165, 1.54) is 38.5 Å². The van der Waals surface area contributed by atoms with Crippen LogP contribution in [0.1, 0.15) is 162 Å². The van der Waals surface area contributed by atoms with Crippen LogP contribution in [0, 0.1) is 0 Å². The Morgan fingerprint density at radius 2 is 1.04 bits per heavy atom. The van der Waals surface area contributed by atoms with Crippen molar-refractivity contribution in [3.05, 3.63) is 72.9 Å². The zero-order valence-electron chi connectivity index (χ0n) is 34.6. The van der Waals surface area contributed by atoms with Crippen molar-refractivity contribution in [2.45, 2.75) is 174 Å². The molecule has 0 aliphatic heterocycles. The lowest BCUT2D eigenvalue weighted by Crippen LogP contribution is -2.29. The summed E-state index contributed by atoms with van der Waals surface area (Å²) < 4.78 is 33.3. The van der Waals surface area contributed by atoms with Gasteiger partial charge in [-0.1, -0.05) is 145 Å². The fourth-order valence-corrected chi connectivity index (χ4v) is 6.16. The fraction of sp³-hybridized carbons (Fsp3) is 0.711. The van der Waals surface area contributed by atoms with Gasteiger partial charge in [-0.25, -0.2) is 4.57 Å². The predicted octanol–water partition coefficient (Wildman–Crippen LogP) is 11.8. The van der Waals surface area contributed by atoms with Crippen LogP contribution in [0.5, 0.6) is 0 Å². The second-order valence-corrected chi connectivity index (χ2v) is 15.4. The molecule has 0 aromatic carbocycles. The Balaban J connectivity index is 4.19. The molecule has 3 unspecified atom stereocenters. The highest BCUT2D eigenvalue weighted by Gasteiger charge is 2.26. The van der Waals surface area contributed by atoms with Gasteiger partial charge in [0.05, 0.1) is 26.4 Å². The summed E-state index contributed by atoms with van der Waals surface area (Å²) in [5, 5.41) is 18.3. The molecule has 0 aromatic rings. The first-order valence-corrected chi connectivity index (χ1v) is 22.9. The average molecular weight is 795 g/mol. The van der Waals surface area contributed by atoms with Gasteiger partial charge < -0.3 is 24.6 Å². The van der Waals surface area contributed by atoms with Gasteiger partial charge in [0, 0.05) is 13.0 Å². The Labute approximate surface area is 335 Å². The molecule has 0 rings (SSSR count). The van der Waals surface area contributed by atoms with Gasteiger partial charge in [0.2, 0.25) is 0 Å². The molecule has 0 fully saturated rings. The SMILES string of the molecule is CC/C=C\C/C=C\C/C=C\C/C=C\C/C=C\CCCCCCCCOCC(COP(=O)(O)OCC(O)CO)OC(=O)CCCCCCC/C=C\CCCCC. The zero-order chi connectivity index (χ0) is 40.3. The minimum Gasteiger partial charge on any atom is -0.457 e. The van der Waals surface area contributed by atoms with Crippen LogP contribution in [0.2, 0.25) is 0 Å². The van der Waals surface area contributed by atoms with E-state index in [-0.39, 0.29) is 13.0 Å². The number of carbonyl (C=O) groups is 1. The molecule has 0 radical (unpaired) electrons. The van der Waals surface area contributed by atoms with Crippen molar-refractivity contribution in [1.29, 1.82) is 0 Å². The minimum absolute atomic E-state index is 0.0320. The maximum Gasteiger partial charge on any atom is 0.472 e. The van der Waals surface area contributed by atoms with Gasteiger partial charge in [-0.05, 0) is 83.5 Å². The van der Waals surface area contributed by atoms with Crippen LogP contribution in [-0.4, -0.2) is 66.3 Å². The van der Waals surface area contributed by atoms with Gasteiger partial charge in [0.1, 0.15) is 12.2 Å². The summed E-state index contributed by atoms with van der Waals surface area (Å²) >= 11 is 0. The number of phosphoric acid groups is 1. The minimum atomic E-state index is -4.53. The van der Waals surface area contributed by atoms with Gasteiger partial charge in [-0.2, -0.15) is 0 Å². The lowest BCUT2D eigenvalue weighted by Gasteiger charge is -2.20. The topological polar surface area (TPSA) is 132 Å². The van der Waals surface area contributed by atoms with Gasteiger partial charge in [-0.15, -0.1) is 0 Å².